The van der Waals surface area contributed by atoms with Crippen molar-refractivity contribution in [3.63, 3.8) is 0 Å². The highest BCUT2D eigenvalue weighted by atomic mass is 35.5. The zero-order chi connectivity index (χ0) is 25.6. The first kappa shape index (κ1) is 26.0. The predicted octanol–water partition coefficient (Wildman–Crippen LogP) is 5.93. The molecular formula is C24H25ClN5O4P. The maximum Gasteiger partial charge on any atom is 0.287 e. The molecule has 0 saturated heterocycles. The monoisotopic (exact) mass is 513 g/mol. The molecule has 35 heavy (non-hydrogen) atoms. The molecule has 2 aromatic carbocycles. The lowest BCUT2D eigenvalue weighted by Gasteiger charge is -2.16. The van der Waals surface area contributed by atoms with Gasteiger partial charge in [-0.05, 0) is 31.9 Å². The lowest BCUT2D eigenvalue weighted by molar-refractivity contribution is -0.385. The van der Waals surface area contributed by atoms with Gasteiger partial charge in [-0.1, -0.05) is 42.5 Å². The third kappa shape index (κ3) is 6.50. The van der Waals surface area contributed by atoms with Crippen molar-refractivity contribution in [3.8, 4) is 17.6 Å². The van der Waals surface area contributed by atoms with E-state index in [1.807, 2.05) is 19.1 Å². The summed E-state index contributed by atoms with van der Waals surface area (Å²) >= 11 is 6.31. The van der Waals surface area contributed by atoms with Gasteiger partial charge in [0.05, 0.1) is 29.6 Å². The number of aromatic nitrogens is 2. The van der Waals surface area contributed by atoms with Crippen LogP contribution in [-0.2, 0) is 4.57 Å². The van der Waals surface area contributed by atoms with Crippen LogP contribution in [0.3, 0.4) is 0 Å². The second-order valence-electron chi connectivity index (χ2n) is 7.89. The molecule has 0 radical (unpaired) electrons. The number of hydrogen-bond donors (Lipinski definition) is 2. The molecule has 11 heteroatoms. The van der Waals surface area contributed by atoms with Gasteiger partial charge in [-0.25, -0.2) is 4.98 Å². The maximum atomic E-state index is 12.7. The molecule has 0 unspecified atom stereocenters. The van der Waals surface area contributed by atoms with Gasteiger partial charge < -0.3 is 19.9 Å². The molecule has 0 bridgehead atoms. The van der Waals surface area contributed by atoms with E-state index in [2.05, 4.69) is 32.4 Å². The second-order valence-corrected chi connectivity index (χ2v) is 11.5. The number of benzene rings is 2. The number of halogens is 1. The Kier molecular flexibility index (Phi) is 8.34. The molecule has 182 valence electrons. The minimum atomic E-state index is -2.57. The number of anilines is 4. The Morgan fingerprint density at radius 1 is 1.20 bits per heavy atom. The third-order valence-corrected chi connectivity index (χ3v) is 6.67. The molecular weight excluding hydrogens is 489 g/mol. The van der Waals surface area contributed by atoms with E-state index in [1.54, 1.807) is 25.5 Å². The number of nitrogens with zero attached hydrogens (tertiary/aromatic N) is 3. The number of unbranched alkanes of at least 4 members (excludes halogenated alkanes) is 1. The number of rotatable bonds is 8. The number of para-hydroxylation sites is 1. The van der Waals surface area contributed by atoms with Crippen LogP contribution in [0.4, 0.5) is 28.8 Å². The number of nitrogens with one attached hydrogen (secondary N) is 2. The fourth-order valence-corrected chi connectivity index (χ4v) is 4.47. The molecule has 9 nitrogen and oxygen atoms in total. The lowest BCUT2D eigenvalue weighted by atomic mass is 10.1. The van der Waals surface area contributed by atoms with Crippen molar-refractivity contribution in [2.45, 2.75) is 19.8 Å². The summed E-state index contributed by atoms with van der Waals surface area (Å²) in [7, 11) is -1.12. The molecule has 1 aromatic heterocycles. The first-order valence-corrected chi connectivity index (χ1v) is 13.7. The Hall–Kier alpha value is -3.60. The van der Waals surface area contributed by atoms with Gasteiger partial charge in [-0.2, -0.15) is 4.98 Å². The molecule has 0 aliphatic rings. The van der Waals surface area contributed by atoms with Crippen molar-refractivity contribution in [1.29, 1.82) is 0 Å². The van der Waals surface area contributed by atoms with E-state index < -0.39 is 12.1 Å². The molecule has 3 aromatic rings. The fourth-order valence-electron chi connectivity index (χ4n) is 3.18. The second kappa shape index (κ2) is 11.2. The molecule has 3 rings (SSSR count). The topological polar surface area (TPSA) is 119 Å². The Labute approximate surface area is 208 Å². The van der Waals surface area contributed by atoms with Crippen LogP contribution >= 0.6 is 18.7 Å². The van der Waals surface area contributed by atoms with E-state index in [4.69, 9.17) is 16.3 Å². The van der Waals surface area contributed by atoms with Crippen molar-refractivity contribution in [2.75, 3.05) is 31.1 Å². The minimum absolute atomic E-state index is 0.128. The van der Waals surface area contributed by atoms with Crippen LogP contribution in [0, 0.1) is 22.0 Å². The molecule has 0 atom stereocenters. The SMILES string of the molecule is CCCC#Cc1cc(OC)c(Nc2ncc(Cl)c(Nc3ccccc3P(C)(C)=O)n2)cc1[N+](=O)[O-]. The number of hydrogen-bond acceptors (Lipinski definition) is 8. The average Bonchev–Trinajstić information content (AvgIpc) is 2.81. The van der Waals surface area contributed by atoms with E-state index in [-0.39, 0.29) is 28.0 Å². The van der Waals surface area contributed by atoms with E-state index in [1.165, 1.54) is 25.4 Å². The predicted molar refractivity (Wildman–Crippen MR) is 141 cm³/mol. The highest BCUT2D eigenvalue weighted by molar-refractivity contribution is 7.70. The average molecular weight is 514 g/mol. The summed E-state index contributed by atoms with van der Waals surface area (Å²) in [6, 6.07) is 10.0. The Morgan fingerprint density at radius 2 is 1.94 bits per heavy atom. The summed E-state index contributed by atoms with van der Waals surface area (Å²) in [5.41, 5.74) is 0.987. The van der Waals surface area contributed by atoms with Gasteiger partial charge in [0.25, 0.3) is 5.69 Å². The maximum absolute atomic E-state index is 12.7. The summed E-state index contributed by atoms with van der Waals surface area (Å²) in [6.07, 6.45) is 2.87. The first-order chi connectivity index (χ1) is 16.6. The largest absolute Gasteiger partial charge is 0.495 e. The molecule has 2 N–H and O–H groups in total. The molecule has 0 fully saturated rings. The summed E-state index contributed by atoms with van der Waals surface area (Å²) in [5, 5.41) is 18.6. The fraction of sp³-hybridized carbons (Fsp3) is 0.250. The molecule has 1 heterocycles. The zero-order valence-corrected chi connectivity index (χ0v) is 21.4. The highest BCUT2D eigenvalue weighted by Gasteiger charge is 2.20. The van der Waals surface area contributed by atoms with Gasteiger partial charge >= 0.3 is 0 Å². The van der Waals surface area contributed by atoms with Crippen LogP contribution < -0.4 is 20.7 Å². The van der Waals surface area contributed by atoms with Crippen LogP contribution in [-0.4, -0.2) is 35.3 Å². The van der Waals surface area contributed by atoms with E-state index in [0.29, 0.717) is 28.8 Å². The number of nitro benzene ring substituents is 1. The van der Waals surface area contributed by atoms with Crippen molar-refractivity contribution in [1.82, 2.24) is 9.97 Å². The van der Waals surface area contributed by atoms with Gasteiger partial charge in [-0.3, -0.25) is 10.1 Å². The van der Waals surface area contributed by atoms with Gasteiger partial charge in [0.2, 0.25) is 5.95 Å². The van der Waals surface area contributed by atoms with Gasteiger partial charge in [-0.15, -0.1) is 0 Å². The molecule has 0 aliphatic heterocycles. The normalized spacial score (nSPS) is 10.8. The van der Waals surface area contributed by atoms with Crippen LogP contribution in [0.5, 0.6) is 5.75 Å². The Bertz CT molecular complexity index is 1360. The smallest absolute Gasteiger partial charge is 0.287 e. The first-order valence-electron chi connectivity index (χ1n) is 10.7. The number of nitro groups is 1. The van der Waals surface area contributed by atoms with E-state index in [9.17, 15) is 14.7 Å². The molecule has 0 spiro atoms. The van der Waals surface area contributed by atoms with Crippen LogP contribution in [0.15, 0.2) is 42.6 Å². The highest BCUT2D eigenvalue weighted by Crippen LogP contribution is 2.39. The molecule has 0 saturated carbocycles. The Balaban J connectivity index is 1.98. The van der Waals surface area contributed by atoms with Crippen LogP contribution in [0.1, 0.15) is 25.3 Å². The zero-order valence-electron chi connectivity index (χ0n) is 19.8. The summed E-state index contributed by atoms with van der Waals surface area (Å²) in [4.78, 5) is 19.8. The summed E-state index contributed by atoms with van der Waals surface area (Å²) in [5.74, 6) is 6.51. The lowest BCUT2D eigenvalue weighted by Crippen LogP contribution is -2.11. The summed E-state index contributed by atoms with van der Waals surface area (Å²) < 4.78 is 18.1. The van der Waals surface area contributed by atoms with Crippen molar-refractivity contribution in [3.05, 3.63) is 63.3 Å². The standard InChI is InChI=1S/C24H25ClN5O4P/c1-5-6-7-10-16-13-21(34-2)19(14-20(16)30(31)32)28-24-26-15-17(25)23(29-24)27-18-11-8-9-12-22(18)35(3,4)33/h8-9,11-15H,5-6H2,1-4H3,(H2,26,27,28,29). The van der Waals surface area contributed by atoms with Crippen molar-refractivity contribution >= 4 is 52.9 Å². The number of ether oxygens (including phenoxy) is 1. The van der Waals surface area contributed by atoms with Crippen LogP contribution in [0.25, 0.3) is 0 Å². The summed E-state index contributed by atoms with van der Waals surface area (Å²) in [6.45, 7) is 5.34. The van der Waals surface area contributed by atoms with Gasteiger partial charge in [0, 0.05) is 23.9 Å². The van der Waals surface area contributed by atoms with Crippen molar-refractivity contribution < 1.29 is 14.2 Å². The van der Waals surface area contributed by atoms with Gasteiger partial charge in [0.15, 0.2) is 5.82 Å². The van der Waals surface area contributed by atoms with E-state index in [0.717, 1.165) is 6.42 Å². The molecule has 0 aliphatic carbocycles. The minimum Gasteiger partial charge on any atom is -0.495 e. The van der Waals surface area contributed by atoms with E-state index >= 15 is 0 Å². The van der Waals surface area contributed by atoms with Crippen LogP contribution in [0.2, 0.25) is 5.02 Å². The number of methoxy groups -OCH3 is 1. The third-order valence-electron chi connectivity index (χ3n) is 4.84. The quantitative estimate of drug-likeness (QED) is 0.164. The van der Waals surface area contributed by atoms with Crippen molar-refractivity contribution in [2.24, 2.45) is 0 Å². The Morgan fingerprint density at radius 3 is 2.60 bits per heavy atom. The molecule has 0 amide bonds. The van der Waals surface area contributed by atoms with Gasteiger partial charge in [0.1, 0.15) is 23.5 Å².